The Balaban J connectivity index is 4.36. The van der Waals surface area contributed by atoms with Crippen LogP contribution in [0.15, 0.2) is 0 Å². The van der Waals surface area contributed by atoms with Gasteiger partial charge in [0.05, 0.1) is 18.2 Å². The van der Waals surface area contributed by atoms with Crippen molar-refractivity contribution in [2.45, 2.75) is 38.1 Å². The molecule has 0 aliphatic heterocycles. The normalized spacial score (nSPS) is 19.2. The Morgan fingerprint density at radius 1 is 1.50 bits per heavy atom. The van der Waals surface area contributed by atoms with Gasteiger partial charge in [0.2, 0.25) is 5.91 Å². The predicted molar refractivity (Wildman–Crippen MR) is 49.3 cm³/mol. The molecule has 0 spiro atoms. The Morgan fingerprint density at radius 2 is 2.00 bits per heavy atom. The van der Waals surface area contributed by atoms with Crippen molar-refractivity contribution in [2.24, 2.45) is 5.73 Å². The zero-order chi connectivity index (χ0) is 11.3. The largest absolute Gasteiger partial charge is 0.392 e. The van der Waals surface area contributed by atoms with E-state index in [4.69, 9.17) is 10.8 Å². The fraction of sp³-hybridized carbons (Fsp3) is 0.750. The Labute approximate surface area is 82.1 Å². The molecule has 14 heavy (non-hydrogen) atoms. The molecule has 0 bridgehead atoms. The minimum absolute atomic E-state index is 0.383. The molecule has 6 nitrogen and oxygen atoms in total. The molecule has 0 saturated carbocycles. The molecule has 0 unspecified atom stereocenters. The summed E-state index contributed by atoms with van der Waals surface area (Å²) >= 11 is 0. The number of carbonyl (C=O) groups excluding carboxylic acids is 2. The number of amides is 1. The van der Waals surface area contributed by atoms with E-state index in [9.17, 15) is 14.7 Å². The molecule has 5 N–H and O–H groups in total. The average Bonchev–Trinajstić information content (AvgIpc) is 2.11. The van der Waals surface area contributed by atoms with Crippen molar-refractivity contribution in [3.05, 3.63) is 0 Å². The molecule has 0 rings (SSSR count). The number of aliphatic hydroxyl groups is 2. The Morgan fingerprint density at radius 3 is 2.29 bits per heavy atom. The highest BCUT2D eigenvalue weighted by Crippen LogP contribution is 2.00. The summed E-state index contributed by atoms with van der Waals surface area (Å²) in [6.07, 6.45) is -1.87. The van der Waals surface area contributed by atoms with Crippen molar-refractivity contribution >= 4 is 12.2 Å². The topological polar surface area (TPSA) is 113 Å². The lowest BCUT2D eigenvalue weighted by molar-refractivity contribution is -0.124. The summed E-state index contributed by atoms with van der Waals surface area (Å²) in [5.74, 6) is -0.445. The highest BCUT2D eigenvalue weighted by Gasteiger charge is 2.28. The molecule has 0 aliphatic carbocycles. The molecule has 1 amide bonds. The van der Waals surface area contributed by atoms with Crippen LogP contribution in [0.2, 0.25) is 0 Å². The van der Waals surface area contributed by atoms with Crippen LogP contribution >= 0.6 is 0 Å². The van der Waals surface area contributed by atoms with E-state index in [-0.39, 0.29) is 0 Å². The number of rotatable bonds is 5. The third kappa shape index (κ3) is 3.82. The van der Waals surface area contributed by atoms with Crippen molar-refractivity contribution in [2.75, 3.05) is 0 Å². The summed E-state index contributed by atoms with van der Waals surface area (Å²) in [6, 6.07) is -2.06. The monoisotopic (exact) mass is 204 g/mol. The van der Waals surface area contributed by atoms with Gasteiger partial charge in [-0.1, -0.05) is 0 Å². The van der Waals surface area contributed by atoms with Gasteiger partial charge in [-0.25, -0.2) is 0 Å². The molecular weight excluding hydrogens is 188 g/mol. The molecule has 82 valence electrons. The van der Waals surface area contributed by atoms with Gasteiger partial charge in [-0.05, 0) is 6.92 Å². The van der Waals surface area contributed by atoms with Crippen molar-refractivity contribution in [1.82, 2.24) is 5.32 Å². The second kappa shape index (κ2) is 5.69. The lowest BCUT2D eigenvalue weighted by Gasteiger charge is -2.25. The molecule has 0 heterocycles. The van der Waals surface area contributed by atoms with Gasteiger partial charge < -0.3 is 26.1 Å². The van der Waals surface area contributed by atoms with Crippen molar-refractivity contribution in [1.29, 1.82) is 0 Å². The lowest BCUT2D eigenvalue weighted by atomic mass is 10.0. The Hall–Kier alpha value is -0.980. The Bertz CT molecular complexity index is 208. The Kier molecular flexibility index (Phi) is 5.29. The van der Waals surface area contributed by atoms with E-state index >= 15 is 0 Å². The van der Waals surface area contributed by atoms with Gasteiger partial charge in [-0.3, -0.25) is 4.79 Å². The summed E-state index contributed by atoms with van der Waals surface area (Å²) in [7, 11) is 0. The first-order valence-corrected chi connectivity index (χ1v) is 4.24. The minimum atomic E-state index is -1.30. The lowest BCUT2D eigenvalue weighted by Crippen LogP contribution is -2.55. The van der Waals surface area contributed by atoms with Crippen LogP contribution in [0.5, 0.6) is 0 Å². The maximum atomic E-state index is 10.6. The molecule has 0 aromatic heterocycles. The summed E-state index contributed by atoms with van der Waals surface area (Å²) < 4.78 is 0. The van der Waals surface area contributed by atoms with Gasteiger partial charge in [0.1, 0.15) is 12.3 Å². The molecule has 0 saturated heterocycles. The van der Waals surface area contributed by atoms with Crippen LogP contribution in [-0.4, -0.2) is 46.7 Å². The number of hydrogen-bond acceptors (Lipinski definition) is 5. The fourth-order valence-corrected chi connectivity index (χ4v) is 0.959. The van der Waals surface area contributed by atoms with Crippen LogP contribution in [0, 0.1) is 0 Å². The minimum Gasteiger partial charge on any atom is -0.392 e. The van der Waals surface area contributed by atoms with E-state index in [0.29, 0.717) is 6.29 Å². The molecule has 0 fully saturated rings. The van der Waals surface area contributed by atoms with Gasteiger partial charge in [0.25, 0.3) is 0 Å². The van der Waals surface area contributed by atoms with E-state index in [1.807, 2.05) is 0 Å². The molecule has 0 aliphatic rings. The van der Waals surface area contributed by atoms with Crippen LogP contribution in [0.4, 0.5) is 0 Å². The maximum absolute atomic E-state index is 10.6. The summed E-state index contributed by atoms with van der Waals surface area (Å²) in [6.45, 7) is 2.61. The first-order valence-electron chi connectivity index (χ1n) is 4.24. The van der Waals surface area contributed by atoms with Gasteiger partial charge in [0, 0.05) is 6.92 Å². The zero-order valence-electron chi connectivity index (χ0n) is 8.18. The van der Waals surface area contributed by atoms with E-state index in [1.54, 1.807) is 0 Å². The quantitative estimate of drug-likeness (QED) is 0.378. The number of carbonyl (C=O) groups is 2. The predicted octanol–water partition coefficient (Wildman–Crippen LogP) is -2.24. The summed E-state index contributed by atoms with van der Waals surface area (Å²) in [5.41, 5.74) is 5.40. The first kappa shape index (κ1) is 13.0. The highest BCUT2D eigenvalue weighted by molar-refractivity contribution is 5.77. The third-order valence-corrected chi connectivity index (χ3v) is 1.84. The van der Waals surface area contributed by atoms with Crippen LogP contribution < -0.4 is 11.1 Å². The summed E-state index contributed by atoms with van der Waals surface area (Å²) in [4.78, 5) is 21.1. The van der Waals surface area contributed by atoms with Crippen LogP contribution in [0.1, 0.15) is 13.8 Å². The van der Waals surface area contributed by atoms with Gasteiger partial charge in [-0.2, -0.15) is 0 Å². The summed E-state index contributed by atoms with van der Waals surface area (Å²) in [5, 5.41) is 20.7. The van der Waals surface area contributed by atoms with Crippen LogP contribution in [0.3, 0.4) is 0 Å². The number of nitrogens with one attached hydrogen (secondary N) is 1. The van der Waals surface area contributed by atoms with Crippen LogP contribution in [0.25, 0.3) is 0 Å². The second-order valence-electron chi connectivity index (χ2n) is 3.17. The van der Waals surface area contributed by atoms with E-state index in [2.05, 4.69) is 5.32 Å². The molecule has 0 aromatic carbocycles. The fourth-order valence-electron chi connectivity index (χ4n) is 0.959. The zero-order valence-corrected chi connectivity index (χ0v) is 8.18. The molecule has 0 aromatic rings. The molecular formula is C8H16N2O4. The van der Waals surface area contributed by atoms with Crippen molar-refractivity contribution in [3.63, 3.8) is 0 Å². The average molecular weight is 204 g/mol. The van der Waals surface area contributed by atoms with E-state index in [0.717, 1.165) is 0 Å². The van der Waals surface area contributed by atoms with Crippen molar-refractivity contribution in [3.8, 4) is 0 Å². The van der Waals surface area contributed by atoms with Gasteiger partial charge in [-0.15, -0.1) is 0 Å². The van der Waals surface area contributed by atoms with E-state index in [1.165, 1.54) is 13.8 Å². The van der Waals surface area contributed by atoms with Crippen LogP contribution in [-0.2, 0) is 9.59 Å². The molecule has 0 radical (unpaired) electrons. The number of nitrogens with two attached hydrogens (primary N) is 1. The first-order chi connectivity index (χ1) is 6.40. The van der Waals surface area contributed by atoms with Gasteiger partial charge >= 0.3 is 0 Å². The molecule has 6 heteroatoms. The highest BCUT2D eigenvalue weighted by atomic mass is 16.3. The number of aldehydes is 1. The number of hydrogen-bond donors (Lipinski definition) is 4. The van der Waals surface area contributed by atoms with E-state index < -0.39 is 30.2 Å². The molecule has 4 atom stereocenters. The standard InChI is InChI=1S/C8H16N2O4/c1-4(12)7(9)8(14)6(3-11)10-5(2)13/h3-4,6-8,12,14H,9H2,1-2H3,(H,10,13)/t4-,6+,7+,8-/m0/s1. The smallest absolute Gasteiger partial charge is 0.217 e. The SMILES string of the molecule is CC(=O)N[C@H](C=O)[C@H](O)[C@H](N)[C@H](C)O. The third-order valence-electron chi connectivity index (χ3n) is 1.84. The van der Waals surface area contributed by atoms with Gasteiger partial charge in [0.15, 0.2) is 0 Å². The second-order valence-corrected chi connectivity index (χ2v) is 3.17. The number of aliphatic hydroxyl groups excluding tert-OH is 2. The maximum Gasteiger partial charge on any atom is 0.217 e. The van der Waals surface area contributed by atoms with Crippen molar-refractivity contribution < 1.29 is 19.8 Å².